The Morgan fingerprint density at radius 2 is 2.14 bits per heavy atom. The van der Waals surface area contributed by atoms with E-state index in [4.69, 9.17) is 4.52 Å². The van der Waals surface area contributed by atoms with Crippen LogP contribution in [0.3, 0.4) is 0 Å². The Morgan fingerprint density at radius 1 is 1.36 bits per heavy atom. The largest absolute Gasteiger partial charge is 0.339 e. The summed E-state index contributed by atoms with van der Waals surface area (Å²) in [5, 5.41) is 6.77. The van der Waals surface area contributed by atoms with Crippen LogP contribution in [0.15, 0.2) is 22.7 Å². The molecule has 1 aromatic heterocycles. The minimum Gasteiger partial charge on any atom is -0.339 e. The van der Waals surface area contributed by atoms with Gasteiger partial charge >= 0.3 is 0 Å². The second-order valence-corrected chi connectivity index (χ2v) is 5.94. The molecule has 0 radical (unpaired) electrons. The van der Waals surface area contributed by atoms with Gasteiger partial charge in [0.25, 0.3) is 0 Å². The van der Waals surface area contributed by atoms with Crippen LogP contribution in [-0.2, 0) is 4.79 Å². The summed E-state index contributed by atoms with van der Waals surface area (Å²) in [6, 6.07) is 6.05. The SMILES string of the molecule is Cc1ccc(C)c(NC(=O)CN2CC(c3nc(C)no3)C2)c1. The van der Waals surface area contributed by atoms with Gasteiger partial charge in [0.05, 0.1) is 12.5 Å². The monoisotopic (exact) mass is 300 g/mol. The normalized spacial score (nSPS) is 15.6. The molecule has 2 aromatic rings. The highest BCUT2D eigenvalue weighted by molar-refractivity contribution is 5.93. The van der Waals surface area contributed by atoms with E-state index < -0.39 is 0 Å². The van der Waals surface area contributed by atoms with Crippen molar-refractivity contribution < 1.29 is 9.32 Å². The number of carbonyl (C=O) groups is 1. The average Bonchev–Trinajstić information content (AvgIpc) is 2.84. The van der Waals surface area contributed by atoms with Gasteiger partial charge in [-0.05, 0) is 38.0 Å². The number of carbonyl (C=O) groups excluding carboxylic acids is 1. The zero-order valence-corrected chi connectivity index (χ0v) is 13.1. The maximum Gasteiger partial charge on any atom is 0.238 e. The van der Waals surface area contributed by atoms with Gasteiger partial charge in [-0.3, -0.25) is 9.69 Å². The standard InChI is InChI=1S/C16H20N4O2/c1-10-4-5-11(2)14(6-10)18-15(21)9-20-7-13(8-20)16-17-12(3)19-22-16/h4-6,13H,7-9H2,1-3H3,(H,18,21). The fraction of sp³-hybridized carbons (Fsp3) is 0.438. The molecule has 0 spiro atoms. The lowest BCUT2D eigenvalue weighted by atomic mass is 10.0. The Balaban J connectivity index is 1.50. The topological polar surface area (TPSA) is 71.3 Å². The van der Waals surface area contributed by atoms with Crippen LogP contribution in [0.5, 0.6) is 0 Å². The van der Waals surface area contributed by atoms with Crippen LogP contribution >= 0.6 is 0 Å². The molecule has 2 heterocycles. The summed E-state index contributed by atoms with van der Waals surface area (Å²) in [6.45, 7) is 7.76. The number of nitrogens with zero attached hydrogens (tertiary/aromatic N) is 3. The van der Waals surface area contributed by atoms with Crippen molar-refractivity contribution in [2.45, 2.75) is 26.7 Å². The van der Waals surface area contributed by atoms with E-state index in [0.717, 1.165) is 29.9 Å². The first kappa shape index (κ1) is 14.7. The number of hydrogen-bond donors (Lipinski definition) is 1. The van der Waals surface area contributed by atoms with Crippen molar-refractivity contribution in [2.24, 2.45) is 0 Å². The smallest absolute Gasteiger partial charge is 0.238 e. The number of nitrogens with one attached hydrogen (secondary N) is 1. The van der Waals surface area contributed by atoms with Crippen molar-refractivity contribution in [3.05, 3.63) is 41.0 Å². The number of aryl methyl sites for hydroxylation is 3. The van der Waals surface area contributed by atoms with E-state index in [1.807, 2.05) is 32.0 Å². The first-order chi connectivity index (χ1) is 10.5. The lowest BCUT2D eigenvalue weighted by Crippen LogP contribution is -2.48. The number of rotatable bonds is 4. The summed E-state index contributed by atoms with van der Waals surface area (Å²) in [5.74, 6) is 1.58. The summed E-state index contributed by atoms with van der Waals surface area (Å²) in [5.41, 5.74) is 3.09. The first-order valence-electron chi connectivity index (χ1n) is 7.41. The number of likely N-dealkylation sites (tertiary alicyclic amines) is 1. The van der Waals surface area contributed by atoms with Gasteiger partial charge in [0, 0.05) is 18.8 Å². The molecule has 116 valence electrons. The van der Waals surface area contributed by atoms with Gasteiger partial charge in [-0.25, -0.2) is 0 Å². The quantitative estimate of drug-likeness (QED) is 0.935. The molecule has 1 N–H and O–H groups in total. The Kier molecular flexibility index (Phi) is 3.94. The molecule has 1 saturated heterocycles. The van der Waals surface area contributed by atoms with E-state index in [1.54, 1.807) is 6.92 Å². The van der Waals surface area contributed by atoms with Crippen LogP contribution in [0.2, 0.25) is 0 Å². The molecule has 0 unspecified atom stereocenters. The Morgan fingerprint density at radius 3 is 2.82 bits per heavy atom. The van der Waals surface area contributed by atoms with Crippen molar-refractivity contribution in [1.82, 2.24) is 15.0 Å². The molecule has 22 heavy (non-hydrogen) atoms. The number of benzene rings is 1. The van der Waals surface area contributed by atoms with Crippen molar-refractivity contribution in [3.8, 4) is 0 Å². The highest BCUT2D eigenvalue weighted by Gasteiger charge is 2.33. The summed E-state index contributed by atoms with van der Waals surface area (Å²) in [4.78, 5) is 18.4. The maximum absolute atomic E-state index is 12.1. The van der Waals surface area contributed by atoms with Crippen molar-refractivity contribution in [3.63, 3.8) is 0 Å². The predicted octanol–water partition coefficient (Wildman–Crippen LogP) is 2.03. The minimum atomic E-state index is 0.00820. The fourth-order valence-electron chi connectivity index (χ4n) is 2.60. The summed E-state index contributed by atoms with van der Waals surface area (Å²) in [7, 11) is 0. The maximum atomic E-state index is 12.1. The minimum absolute atomic E-state index is 0.00820. The van der Waals surface area contributed by atoms with Crippen LogP contribution in [0.4, 0.5) is 5.69 Å². The first-order valence-corrected chi connectivity index (χ1v) is 7.41. The van der Waals surface area contributed by atoms with E-state index in [2.05, 4.69) is 20.4 Å². The fourth-order valence-corrected chi connectivity index (χ4v) is 2.60. The van der Waals surface area contributed by atoms with Gasteiger partial charge in [-0.15, -0.1) is 0 Å². The zero-order valence-electron chi connectivity index (χ0n) is 13.1. The van der Waals surface area contributed by atoms with Crippen LogP contribution in [0.1, 0.15) is 28.8 Å². The third-order valence-electron chi connectivity index (χ3n) is 3.88. The number of hydrogen-bond acceptors (Lipinski definition) is 5. The molecule has 1 amide bonds. The second-order valence-electron chi connectivity index (χ2n) is 5.94. The van der Waals surface area contributed by atoms with E-state index in [0.29, 0.717) is 18.3 Å². The second kappa shape index (κ2) is 5.88. The Labute approximate surface area is 129 Å². The van der Waals surface area contributed by atoms with Gasteiger partial charge in [-0.1, -0.05) is 17.3 Å². The Hall–Kier alpha value is -2.21. The molecular weight excluding hydrogens is 280 g/mol. The molecule has 1 aromatic carbocycles. The van der Waals surface area contributed by atoms with Gasteiger partial charge in [0.2, 0.25) is 11.8 Å². The lowest BCUT2D eigenvalue weighted by Gasteiger charge is -2.36. The van der Waals surface area contributed by atoms with Gasteiger partial charge < -0.3 is 9.84 Å². The van der Waals surface area contributed by atoms with Crippen molar-refractivity contribution >= 4 is 11.6 Å². The molecule has 1 aliphatic rings. The van der Waals surface area contributed by atoms with Crippen LogP contribution in [0, 0.1) is 20.8 Å². The van der Waals surface area contributed by atoms with Gasteiger partial charge in [-0.2, -0.15) is 4.98 Å². The molecule has 6 heteroatoms. The van der Waals surface area contributed by atoms with Crippen LogP contribution in [0.25, 0.3) is 0 Å². The predicted molar refractivity (Wildman–Crippen MR) is 82.8 cm³/mol. The van der Waals surface area contributed by atoms with E-state index in [9.17, 15) is 4.79 Å². The molecule has 0 atom stereocenters. The summed E-state index contributed by atoms with van der Waals surface area (Å²) >= 11 is 0. The number of amides is 1. The molecular formula is C16H20N4O2. The van der Waals surface area contributed by atoms with E-state index >= 15 is 0 Å². The molecule has 6 nitrogen and oxygen atoms in total. The van der Waals surface area contributed by atoms with Crippen LogP contribution in [-0.4, -0.2) is 40.6 Å². The molecule has 0 bridgehead atoms. The molecule has 0 saturated carbocycles. The van der Waals surface area contributed by atoms with Crippen LogP contribution < -0.4 is 5.32 Å². The van der Waals surface area contributed by atoms with E-state index in [1.165, 1.54) is 0 Å². The third-order valence-corrected chi connectivity index (χ3v) is 3.88. The molecule has 3 rings (SSSR count). The number of aromatic nitrogens is 2. The van der Waals surface area contributed by atoms with Crippen molar-refractivity contribution in [1.29, 1.82) is 0 Å². The number of anilines is 1. The van der Waals surface area contributed by atoms with Gasteiger partial charge in [0.15, 0.2) is 5.82 Å². The average molecular weight is 300 g/mol. The van der Waals surface area contributed by atoms with Gasteiger partial charge in [0.1, 0.15) is 0 Å². The molecule has 1 aliphatic heterocycles. The van der Waals surface area contributed by atoms with E-state index in [-0.39, 0.29) is 11.8 Å². The van der Waals surface area contributed by atoms with Crippen molar-refractivity contribution in [2.75, 3.05) is 25.0 Å². The summed E-state index contributed by atoms with van der Waals surface area (Å²) in [6.07, 6.45) is 0. The third kappa shape index (κ3) is 3.17. The molecule has 0 aliphatic carbocycles. The highest BCUT2D eigenvalue weighted by atomic mass is 16.5. The zero-order chi connectivity index (χ0) is 15.7. The summed E-state index contributed by atoms with van der Waals surface area (Å²) < 4.78 is 5.16. The Bertz CT molecular complexity index is 689. The molecule has 1 fully saturated rings. The lowest BCUT2D eigenvalue weighted by molar-refractivity contribution is -0.118. The highest BCUT2D eigenvalue weighted by Crippen LogP contribution is 2.25.